The van der Waals surface area contributed by atoms with Gasteiger partial charge in [0.2, 0.25) is 10.0 Å². The lowest BCUT2D eigenvalue weighted by Crippen LogP contribution is -2.51. The molecule has 1 aliphatic rings. The van der Waals surface area contributed by atoms with Gasteiger partial charge in [-0.1, -0.05) is 26.8 Å². The summed E-state index contributed by atoms with van der Waals surface area (Å²) in [6.45, 7) is 6.35. The van der Waals surface area contributed by atoms with E-state index in [1.807, 2.05) is 6.92 Å². The van der Waals surface area contributed by atoms with Gasteiger partial charge in [0.05, 0.1) is 4.90 Å². The van der Waals surface area contributed by atoms with Gasteiger partial charge < -0.3 is 10.0 Å². The molecule has 0 aliphatic carbocycles. The van der Waals surface area contributed by atoms with Crippen molar-refractivity contribution < 1.29 is 23.1 Å². The second-order valence-electron chi connectivity index (χ2n) is 6.52. The fourth-order valence-electron chi connectivity index (χ4n) is 3.46. The highest BCUT2D eigenvalue weighted by atomic mass is 32.2. The summed E-state index contributed by atoms with van der Waals surface area (Å²) in [7, 11) is -3.68. The van der Waals surface area contributed by atoms with Crippen LogP contribution in [0.4, 0.5) is 0 Å². The Morgan fingerprint density at radius 3 is 2.50 bits per heavy atom. The van der Waals surface area contributed by atoms with Crippen molar-refractivity contribution in [1.29, 1.82) is 0 Å². The summed E-state index contributed by atoms with van der Waals surface area (Å²) in [6.07, 6.45) is 1.48. The summed E-state index contributed by atoms with van der Waals surface area (Å²) in [5.41, 5.74) is 0.193. The van der Waals surface area contributed by atoms with E-state index in [2.05, 4.69) is 0 Å². The van der Waals surface area contributed by atoms with Gasteiger partial charge in [0, 0.05) is 25.2 Å². The van der Waals surface area contributed by atoms with Crippen LogP contribution < -0.4 is 0 Å². The topological polar surface area (TPSA) is 95.0 Å². The quantitative estimate of drug-likeness (QED) is 0.812. The average molecular weight is 382 g/mol. The van der Waals surface area contributed by atoms with Crippen LogP contribution in [0, 0.1) is 5.92 Å². The number of hydrogen-bond acceptors (Lipinski definition) is 4. The maximum Gasteiger partial charge on any atom is 0.326 e. The molecule has 26 heavy (non-hydrogen) atoms. The first-order chi connectivity index (χ1) is 12.2. The first-order valence-corrected chi connectivity index (χ1v) is 10.3. The van der Waals surface area contributed by atoms with Gasteiger partial charge in [0.15, 0.2) is 0 Å². The zero-order valence-corrected chi connectivity index (χ0v) is 16.2. The normalized spacial score (nSPS) is 21.0. The fraction of sp³-hybridized carbons (Fsp3) is 0.556. The van der Waals surface area contributed by atoms with Crippen molar-refractivity contribution in [1.82, 2.24) is 9.21 Å². The van der Waals surface area contributed by atoms with E-state index in [1.54, 1.807) is 13.8 Å². The molecule has 2 atom stereocenters. The van der Waals surface area contributed by atoms with Crippen LogP contribution in [-0.2, 0) is 14.8 Å². The number of benzene rings is 1. The number of amides is 1. The lowest BCUT2D eigenvalue weighted by molar-refractivity contribution is -0.145. The minimum absolute atomic E-state index is 0.0454. The van der Waals surface area contributed by atoms with Crippen molar-refractivity contribution in [3.05, 3.63) is 29.8 Å². The molecule has 1 aliphatic heterocycles. The molecule has 1 saturated heterocycles. The molecule has 1 aromatic rings. The van der Waals surface area contributed by atoms with E-state index >= 15 is 0 Å². The highest BCUT2D eigenvalue weighted by Crippen LogP contribution is 2.26. The standard InChI is InChI=1S/C18H26N2O5S/c1-4-19(5-2)26(24,25)15-10-6-9-14(12-15)17(21)20-11-7-8-13(3)16(20)18(22)23/h6,9-10,12-13,16H,4-5,7-8,11H2,1-3H3,(H,22,23). The summed E-state index contributed by atoms with van der Waals surface area (Å²) in [5, 5.41) is 9.50. The average Bonchev–Trinajstić information content (AvgIpc) is 2.61. The lowest BCUT2D eigenvalue weighted by atomic mass is 9.90. The molecule has 7 nitrogen and oxygen atoms in total. The van der Waals surface area contributed by atoms with E-state index in [1.165, 1.54) is 33.5 Å². The first-order valence-electron chi connectivity index (χ1n) is 8.88. The van der Waals surface area contributed by atoms with Crippen molar-refractivity contribution in [3.8, 4) is 0 Å². The van der Waals surface area contributed by atoms with Gasteiger partial charge >= 0.3 is 5.97 Å². The molecule has 0 spiro atoms. The monoisotopic (exact) mass is 382 g/mol. The Balaban J connectivity index is 2.37. The van der Waals surface area contributed by atoms with E-state index in [0.29, 0.717) is 19.6 Å². The van der Waals surface area contributed by atoms with Gasteiger partial charge in [-0.25, -0.2) is 13.2 Å². The minimum Gasteiger partial charge on any atom is -0.480 e. The fourth-order valence-corrected chi connectivity index (χ4v) is 4.96. The first kappa shape index (κ1) is 20.4. The van der Waals surface area contributed by atoms with Crippen LogP contribution in [0.25, 0.3) is 0 Å². The number of carbonyl (C=O) groups is 2. The van der Waals surface area contributed by atoms with Gasteiger partial charge in [0.1, 0.15) is 6.04 Å². The molecule has 1 fully saturated rings. The molecule has 2 rings (SSSR count). The number of nitrogens with zero attached hydrogens (tertiary/aromatic N) is 2. The lowest BCUT2D eigenvalue weighted by Gasteiger charge is -2.37. The van der Waals surface area contributed by atoms with E-state index in [4.69, 9.17) is 0 Å². The van der Waals surface area contributed by atoms with Crippen LogP contribution in [0.5, 0.6) is 0 Å². The van der Waals surface area contributed by atoms with Crippen molar-refractivity contribution in [2.24, 2.45) is 5.92 Å². The predicted molar refractivity (Wildman–Crippen MR) is 97.4 cm³/mol. The molecule has 1 N–H and O–H groups in total. The molecule has 1 heterocycles. The number of sulfonamides is 1. The van der Waals surface area contributed by atoms with Crippen LogP contribution in [0.2, 0.25) is 0 Å². The molecular weight excluding hydrogens is 356 g/mol. The number of hydrogen-bond donors (Lipinski definition) is 1. The highest BCUT2D eigenvalue weighted by molar-refractivity contribution is 7.89. The third-order valence-corrected chi connectivity index (χ3v) is 6.92. The minimum atomic E-state index is -3.68. The molecule has 1 amide bonds. The van der Waals surface area contributed by atoms with Crippen molar-refractivity contribution >= 4 is 21.9 Å². The summed E-state index contributed by atoms with van der Waals surface area (Å²) in [4.78, 5) is 25.9. The van der Waals surface area contributed by atoms with Crippen molar-refractivity contribution in [2.75, 3.05) is 19.6 Å². The predicted octanol–water partition coefficient (Wildman–Crippen LogP) is 2.04. The molecule has 0 radical (unpaired) electrons. The Kier molecular flexibility index (Phi) is 6.41. The van der Waals surface area contributed by atoms with Gasteiger partial charge in [0.25, 0.3) is 5.91 Å². The number of carbonyl (C=O) groups excluding carboxylic acids is 1. The second-order valence-corrected chi connectivity index (χ2v) is 8.46. The van der Waals surface area contributed by atoms with E-state index in [-0.39, 0.29) is 16.4 Å². The van der Waals surface area contributed by atoms with E-state index in [9.17, 15) is 23.1 Å². The van der Waals surface area contributed by atoms with Crippen LogP contribution in [0.3, 0.4) is 0 Å². The zero-order valence-electron chi connectivity index (χ0n) is 15.4. The van der Waals surface area contributed by atoms with Gasteiger partial charge in [-0.3, -0.25) is 4.79 Å². The van der Waals surface area contributed by atoms with Crippen LogP contribution in [0.1, 0.15) is 44.0 Å². The van der Waals surface area contributed by atoms with Crippen LogP contribution in [0.15, 0.2) is 29.2 Å². The maximum atomic E-state index is 12.9. The van der Waals surface area contributed by atoms with Crippen molar-refractivity contribution in [3.63, 3.8) is 0 Å². The van der Waals surface area contributed by atoms with E-state index in [0.717, 1.165) is 12.8 Å². The molecular formula is C18H26N2O5S. The Bertz CT molecular complexity index is 774. The highest BCUT2D eigenvalue weighted by Gasteiger charge is 2.37. The summed E-state index contributed by atoms with van der Waals surface area (Å²) >= 11 is 0. The Morgan fingerprint density at radius 2 is 1.92 bits per heavy atom. The molecule has 2 unspecified atom stereocenters. The molecule has 8 heteroatoms. The summed E-state index contributed by atoms with van der Waals surface area (Å²) in [6, 6.07) is 4.96. The summed E-state index contributed by atoms with van der Waals surface area (Å²) < 4.78 is 26.7. The Morgan fingerprint density at radius 1 is 1.27 bits per heavy atom. The van der Waals surface area contributed by atoms with Gasteiger partial charge in [-0.05, 0) is 37.0 Å². The Hall–Kier alpha value is -1.93. The van der Waals surface area contributed by atoms with Gasteiger partial charge in [-0.2, -0.15) is 4.31 Å². The maximum absolute atomic E-state index is 12.9. The number of rotatable bonds is 6. The third kappa shape index (κ3) is 3.91. The third-order valence-electron chi connectivity index (χ3n) is 4.87. The number of likely N-dealkylation sites (tertiary alicyclic amines) is 1. The number of aliphatic carboxylic acids is 1. The Labute approximate surface area is 154 Å². The molecule has 0 aromatic heterocycles. The van der Waals surface area contributed by atoms with Gasteiger partial charge in [-0.15, -0.1) is 0 Å². The SMILES string of the molecule is CCN(CC)S(=O)(=O)c1cccc(C(=O)N2CCCC(C)C2C(=O)O)c1. The molecule has 144 valence electrons. The molecule has 1 aromatic carbocycles. The van der Waals surface area contributed by atoms with Crippen LogP contribution >= 0.6 is 0 Å². The largest absolute Gasteiger partial charge is 0.480 e. The second kappa shape index (κ2) is 8.18. The number of piperidine rings is 1. The molecule has 0 saturated carbocycles. The van der Waals surface area contributed by atoms with E-state index < -0.39 is 27.9 Å². The zero-order chi connectivity index (χ0) is 19.5. The van der Waals surface area contributed by atoms with Crippen molar-refractivity contribution in [2.45, 2.75) is 44.6 Å². The van der Waals surface area contributed by atoms with Crippen LogP contribution in [-0.4, -0.2) is 60.3 Å². The number of carboxylic acids is 1. The smallest absolute Gasteiger partial charge is 0.326 e. The molecule has 0 bridgehead atoms. The number of carboxylic acid groups (broad SMARTS) is 1. The summed E-state index contributed by atoms with van der Waals surface area (Å²) in [5.74, 6) is -1.62.